The summed E-state index contributed by atoms with van der Waals surface area (Å²) in [4.78, 5) is 4.55. The van der Waals surface area contributed by atoms with Crippen molar-refractivity contribution >= 4 is 0 Å². The van der Waals surface area contributed by atoms with Crippen molar-refractivity contribution in [1.29, 1.82) is 0 Å². The van der Waals surface area contributed by atoms with E-state index >= 15 is 0 Å². The first-order valence-electron chi connectivity index (χ1n) is 5.89. The zero-order chi connectivity index (χ0) is 11.6. The van der Waals surface area contributed by atoms with E-state index in [1.165, 1.54) is 12.8 Å². The summed E-state index contributed by atoms with van der Waals surface area (Å²) in [6.45, 7) is 6.17. The fourth-order valence-electron chi connectivity index (χ4n) is 2.97. The standard InChI is InChI=1S/C12H26N2O/c1-12(2,15)11(13(3)4)10-6-8-14(5)9-7-10/h10-11,15H,6-9H2,1-5H3. The molecule has 0 spiro atoms. The molecule has 0 saturated carbocycles. The zero-order valence-electron chi connectivity index (χ0n) is 10.8. The van der Waals surface area contributed by atoms with Crippen molar-refractivity contribution in [3.63, 3.8) is 0 Å². The van der Waals surface area contributed by atoms with Crippen molar-refractivity contribution in [2.24, 2.45) is 5.92 Å². The highest BCUT2D eigenvalue weighted by Gasteiger charge is 2.36. The van der Waals surface area contributed by atoms with Crippen LogP contribution in [0.4, 0.5) is 0 Å². The van der Waals surface area contributed by atoms with Gasteiger partial charge in [0.05, 0.1) is 5.60 Å². The molecule has 1 aliphatic heterocycles. The molecule has 0 aromatic carbocycles. The van der Waals surface area contributed by atoms with Gasteiger partial charge < -0.3 is 14.9 Å². The molecule has 1 rings (SSSR count). The second kappa shape index (κ2) is 4.81. The highest BCUT2D eigenvalue weighted by molar-refractivity contribution is 4.91. The molecule has 1 heterocycles. The lowest BCUT2D eigenvalue weighted by Crippen LogP contribution is -2.53. The normalized spacial score (nSPS) is 23.4. The fourth-order valence-corrected chi connectivity index (χ4v) is 2.97. The van der Waals surface area contributed by atoms with E-state index in [2.05, 4.69) is 30.9 Å². The van der Waals surface area contributed by atoms with Crippen molar-refractivity contribution in [2.45, 2.75) is 38.3 Å². The first kappa shape index (κ1) is 12.9. The largest absolute Gasteiger partial charge is 0.389 e. The van der Waals surface area contributed by atoms with Gasteiger partial charge in [-0.05, 0) is 66.8 Å². The molecular formula is C12H26N2O. The van der Waals surface area contributed by atoms with E-state index in [9.17, 15) is 5.11 Å². The Kier molecular flexibility index (Phi) is 4.15. The van der Waals surface area contributed by atoms with Crippen LogP contribution in [-0.2, 0) is 0 Å². The number of piperidine rings is 1. The Morgan fingerprint density at radius 1 is 1.27 bits per heavy atom. The predicted molar refractivity (Wildman–Crippen MR) is 64.0 cm³/mol. The van der Waals surface area contributed by atoms with Crippen LogP contribution in [-0.4, -0.2) is 60.8 Å². The molecule has 1 unspecified atom stereocenters. The molecule has 0 aromatic rings. The molecule has 1 saturated heterocycles. The van der Waals surface area contributed by atoms with E-state index in [0.717, 1.165) is 13.1 Å². The summed E-state index contributed by atoms with van der Waals surface area (Å²) in [6, 6.07) is 0.270. The summed E-state index contributed by atoms with van der Waals surface area (Å²) in [5.41, 5.74) is -0.607. The van der Waals surface area contributed by atoms with E-state index in [-0.39, 0.29) is 6.04 Å². The Morgan fingerprint density at radius 3 is 2.07 bits per heavy atom. The molecule has 0 radical (unpaired) electrons. The SMILES string of the molecule is CN1CCC(C(N(C)C)C(C)(C)O)CC1. The van der Waals surface area contributed by atoms with Gasteiger partial charge in [-0.1, -0.05) is 0 Å². The number of nitrogens with zero attached hydrogens (tertiary/aromatic N) is 2. The van der Waals surface area contributed by atoms with E-state index in [0.29, 0.717) is 5.92 Å². The summed E-state index contributed by atoms with van der Waals surface area (Å²) < 4.78 is 0. The Morgan fingerprint density at radius 2 is 1.73 bits per heavy atom. The number of hydrogen-bond acceptors (Lipinski definition) is 3. The quantitative estimate of drug-likeness (QED) is 0.760. The summed E-state index contributed by atoms with van der Waals surface area (Å²) in [5.74, 6) is 0.621. The smallest absolute Gasteiger partial charge is 0.0748 e. The maximum atomic E-state index is 10.2. The molecule has 0 aromatic heterocycles. The van der Waals surface area contributed by atoms with Crippen LogP contribution in [0.15, 0.2) is 0 Å². The second-order valence-electron chi connectivity index (χ2n) is 5.70. The second-order valence-corrected chi connectivity index (χ2v) is 5.70. The van der Waals surface area contributed by atoms with Gasteiger partial charge in [-0.25, -0.2) is 0 Å². The zero-order valence-corrected chi connectivity index (χ0v) is 10.8. The molecule has 0 aliphatic carbocycles. The van der Waals surface area contributed by atoms with Gasteiger partial charge in [-0.15, -0.1) is 0 Å². The van der Waals surface area contributed by atoms with Crippen molar-refractivity contribution in [3.8, 4) is 0 Å². The number of rotatable bonds is 3. The van der Waals surface area contributed by atoms with Crippen LogP contribution >= 0.6 is 0 Å². The van der Waals surface area contributed by atoms with Crippen molar-refractivity contribution in [2.75, 3.05) is 34.2 Å². The average Bonchev–Trinajstić information content (AvgIpc) is 2.05. The van der Waals surface area contributed by atoms with Crippen LogP contribution in [0.3, 0.4) is 0 Å². The van der Waals surface area contributed by atoms with Gasteiger partial charge in [0.2, 0.25) is 0 Å². The minimum absolute atomic E-state index is 0.270. The van der Waals surface area contributed by atoms with Crippen molar-refractivity contribution < 1.29 is 5.11 Å². The molecule has 0 bridgehead atoms. The Labute approximate surface area is 94.1 Å². The topological polar surface area (TPSA) is 26.7 Å². The van der Waals surface area contributed by atoms with Crippen LogP contribution in [0.5, 0.6) is 0 Å². The van der Waals surface area contributed by atoms with Crippen LogP contribution in [0.2, 0.25) is 0 Å². The van der Waals surface area contributed by atoms with Gasteiger partial charge in [0.15, 0.2) is 0 Å². The van der Waals surface area contributed by atoms with E-state index in [1.807, 2.05) is 13.8 Å². The first-order chi connectivity index (χ1) is 6.82. The number of hydrogen-bond donors (Lipinski definition) is 1. The number of likely N-dealkylation sites (N-methyl/N-ethyl adjacent to an activating group) is 1. The fraction of sp³-hybridized carbons (Fsp3) is 1.00. The van der Waals surface area contributed by atoms with Crippen LogP contribution in [0.25, 0.3) is 0 Å². The molecule has 0 amide bonds. The maximum absolute atomic E-state index is 10.2. The molecule has 1 aliphatic rings. The third-order valence-electron chi connectivity index (χ3n) is 3.49. The lowest BCUT2D eigenvalue weighted by molar-refractivity contribution is -0.0403. The molecule has 15 heavy (non-hydrogen) atoms. The highest BCUT2D eigenvalue weighted by Crippen LogP contribution is 2.29. The minimum Gasteiger partial charge on any atom is -0.389 e. The van der Waals surface area contributed by atoms with Gasteiger partial charge >= 0.3 is 0 Å². The average molecular weight is 214 g/mol. The molecule has 90 valence electrons. The minimum atomic E-state index is -0.607. The third kappa shape index (κ3) is 3.44. The maximum Gasteiger partial charge on any atom is 0.0748 e. The van der Waals surface area contributed by atoms with Gasteiger partial charge in [-0.2, -0.15) is 0 Å². The predicted octanol–water partition coefficient (Wildman–Crippen LogP) is 1.03. The molecular weight excluding hydrogens is 188 g/mol. The number of aliphatic hydroxyl groups is 1. The lowest BCUT2D eigenvalue weighted by atomic mass is 9.80. The van der Waals surface area contributed by atoms with Gasteiger partial charge in [0.25, 0.3) is 0 Å². The summed E-state index contributed by atoms with van der Waals surface area (Å²) in [5, 5.41) is 10.2. The van der Waals surface area contributed by atoms with E-state index < -0.39 is 5.60 Å². The summed E-state index contributed by atoms with van der Waals surface area (Å²) in [7, 11) is 6.31. The Balaban J connectivity index is 2.65. The lowest BCUT2D eigenvalue weighted by Gasteiger charge is -2.43. The van der Waals surface area contributed by atoms with Crippen molar-refractivity contribution in [3.05, 3.63) is 0 Å². The molecule has 1 atom stereocenters. The van der Waals surface area contributed by atoms with Gasteiger partial charge in [0, 0.05) is 6.04 Å². The molecule has 3 heteroatoms. The van der Waals surface area contributed by atoms with Crippen molar-refractivity contribution in [1.82, 2.24) is 9.80 Å². The van der Waals surface area contributed by atoms with E-state index in [1.54, 1.807) is 0 Å². The highest BCUT2D eigenvalue weighted by atomic mass is 16.3. The van der Waals surface area contributed by atoms with Crippen LogP contribution < -0.4 is 0 Å². The van der Waals surface area contributed by atoms with Crippen LogP contribution in [0.1, 0.15) is 26.7 Å². The Bertz CT molecular complexity index is 190. The van der Waals surface area contributed by atoms with Crippen LogP contribution in [0, 0.1) is 5.92 Å². The Hall–Kier alpha value is -0.120. The molecule has 1 fully saturated rings. The van der Waals surface area contributed by atoms with E-state index in [4.69, 9.17) is 0 Å². The van der Waals surface area contributed by atoms with Gasteiger partial charge in [-0.3, -0.25) is 0 Å². The summed E-state index contributed by atoms with van der Waals surface area (Å²) >= 11 is 0. The van der Waals surface area contributed by atoms with Gasteiger partial charge in [0.1, 0.15) is 0 Å². The first-order valence-corrected chi connectivity index (χ1v) is 5.89. The third-order valence-corrected chi connectivity index (χ3v) is 3.49. The monoisotopic (exact) mass is 214 g/mol. The molecule has 3 nitrogen and oxygen atoms in total. The summed E-state index contributed by atoms with van der Waals surface area (Å²) in [6.07, 6.45) is 2.40. The molecule has 1 N–H and O–H groups in total. The number of likely N-dealkylation sites (tertiary alicyclic amines) is 1.